The highest BCUT2D eigenvalue weighted by atomic mass is 16.5. The van der Waals surface area contributed by atoms with Crippen molar-refractivity contribution in [3.05, 3.63) is 29.8 Å². The molecule has 0 aliphatic carbocycles. The second kappa shape index (κ2) is 11.0. The summed E-state index contributed by atoms with van der Waals surface area (Å²) in [6.07, 6.45) is 6.25. The highest BCUT2D eigenvalue weighted by molar-refractivity contribution is 5.31. The molecule has 0 spiro atoms. The quantitative estimate of drug-likeness (QED) is 0.411. The van der Waals surface area contributed by atoms with Gasteiger partial charge in [0, 0.05) is 6.54 Å². The molecule has 2 heteroatoms. The van der Waals surface area contributed by atoms with Crippen molar-refractivity contribution >= 4 is 0 Å². The van der Waals surface area contributed by atoms with Crippen LogP contribution in [0.2, 0.25) is 0 Å². The molecule has 0 bridgehead atoms. The molecule has 0 heterocycles. The van der Waals surface area contributed by atoms with Crippen molar-refractivity contribution in [3.63, 3.8) is 0 Å². The summed E-state index contributed by atoms with van der Waals surface area (Å²) in [6.45, 7) is 20.3. The number of hydrogen-bond donors (Lipinski definition) is 0. The molecule has 0 radical (unpaired) electrons. The van der Waals surface area contributed by atoms with Crippen LogP contribution in [0, 0.1) is 5.41 Å². The molecule has 150 valence electrons. The third-order valence-corrected chi connectivity index (χ3v) is 4.94. The Balaban J connectivity index is 2.53. The van der Waals surface area contributed by atoms with Gasteiger partial charge in [0.2, 0.25) is 0 Å². The van der Waals surface area contributed by atoms with Crippen LogP contribution in [-0.4, -0.2) is 31.1 Å². The maximum absolute atomic E-state index is 6.02. The molecule has 0 aromatic heterocycles. The van der Waals surface area contributed by atoms with E-state index in [1.165, 1.54) is 50.8 Å². The first kappa shape index (κ1) is 23.0. The molecule has 0 atom stereocenters. The Labute approximate surface area is 163 Å². The van der Waals surface area contributed by atoms with Crippen molar-refractivity contribution in [1.82, 2.24) is 4.90 Å². The SMILES string of the molecule is CCCCN(CCCC)CCOc1ccc(C(C)(C)CC(C)(C)C)cc1. The lowest BCUT2D eigenvalue weighted by molar-refractivity contribution is 0.204. The van der Waals surface area contributed by atoms with Gasteiger partial charge in [0.25, 0.3) is 0 Å². The summed E-state index contributed by atoms with van der Waals surface area (Å²) in [4.78, 5) is 2.55. The minimum absolute atomic E-state index is 0.188. The number of nitrogens with zero attached hydrogens (tertiary/aromatic N) is 1. The van der Waals surface area contributed by atoms with Crippen molar-refractivity contribution < 1.29 is 4.74 Å². The Bertz CT molecular complexity index is 476. The molecule has 1 rings (SSSR count). The van der Waals surface area contributed by atoms with Gasteiger partial charge < -0.3 is 4.74 Å². The van der Waals surface area contributed by atoms with Crippen LogP contribution in [0.25, 0.3) is 0 Å². The van der Waals surface area contributed by atoms with Crippen LogP contribution in [-0.2, 0) is 5.41 Å². The van der Waals surface area contributed by atoms with E-state index in [1.54, 1.807) is 0 Å². The van der Waals surface area contributed by atoms with Gasteiger partial charge in [-0.2, -0.15) is 0 Å². The maximum Gasteiger partial charge on any atom is 0.119 e. The van der Waals surface area contributed by atoms with Gasteiger partial charge in [0.15, 0.2) is 0 Å². The molecular formula is C24H43NO. The highest BCUT2D eigenvalue weighted by Gasteiger charge is 2.27. The molecular weight excluding hydrogens is 318 g/mol. The zero-order chi connectivity index (χ0) is 19.6. The van der Waals surface area contributed by atoms with E-state index in [2.05, 4.69) is 77.6 Å². The third kappa shape index (κ3) is 9.07. The van der Waals surface area contributed by atoms with Gasteiger partial charge in [-0.3, -0.25) is 4.90 Å². The lowest BCUT2D eigenvalue weighted by Crippen LogP contribution is -2.30. The lowest BCUT2D eigenvalue weighted by atomic mass is 9.72. The number of benzene rings is 1. The minimum Gasteiger partial charge on any atom is -0.492 e. The number of unbranched alkanes of at least 4 members (excludes halogenated alkanes) is 2. The molecule has 26 heavy (non-hydrogen) atoms. The van der Waals surface area contributed by atoms with E-state index in [0.29, 0.717) is 5.41 Å². The van der Waals surface area contributed by atoms with Crippen LogP contribution in [0.15, 0.2) is 24.3 Å². The molecule has 0 fully saturated rings. The molecule has 0 aliphatic rings. The Morgan fingerprint density at radius 2 is 1.35 bits per heavy atom. The van der Waals surface area contributed by atoms with Crippen molar-refractivity contribution in [2.45, 2.75) is 86.0 Å². The maximum atomic E-state index is 6.02. The number of rotatable bonds is 12. The average Bonchev–Trinajstić information content (AvgIpc) is 2.55. The monoisotopic (exact) mass is 361 g/mol. The first-order valence-electron chi connectivity index (χ1n) is 10.6. The first-order valence-corrected chi connectivity index (χ1v) is 10.6. The zero-order valence-electron chi connectivity index (χ0n) is 18.5. The molecule has 0 aliphatic heterocycles. The summed E-state index contributed by atoms with van der Waals surface area (Å²) < 4.78 is 6.02. The summed E-state index contributed by atoms with van der Waals surface area (Å²) >= 11 is 0. The van der Waals surface area contributed by atoms with Crippen LogP contribution in [0.5, 0.6) is 5.75 Å². The van der Waals surface area contributed by atoms with Crippen molar-refractivity contribution in [3.8, 4) is 5.75 Å². The smallest absolute Gasteiger partial charge is 0.119 e. The average molecular weight is 362 g/mol. The lowest BCUT2D eigenvalue weighted by Gasteiger charge is -2.33. The van der Waals surface area contributed by atoms with E-state index in [4.69, 9.17) is 4.74 Å². The Hall–Kier alpha value is -1.02. The number of hydrogen-bond acceptors (Lipinski definition) is 2. The van der Waals surface area contributed by atoms with Gasteiger partial charge in [-0.15, -0.1) is 0 Å². The second-order valence-corrected chi connectivity index (χ2v) is 9.54. The van der Waals surface area contributed by atoms with Gasteiger partial charge in [-0.05, 0) is 60.9 Å². The predicted octanol–water partition coefficient (Wildman–Crippen LogP) is 6.68. The summed E-state index contributed by atoms with van der Waals surface area (Å²) in [5.41, 5.74) is 1.92. The third-order valence-electron chi connectivity index (χ3n) is 4.94. The van der Waals surface area contributed by atoms with E-state index in [0.717, 1.165) is 18.9 Å². The van der Waals surface area contributed by atoms with E-state index < -0.39 is 0 Å². The Morgan fingerprint density at radius 1 is 0.808 bits per heavy atom. The van der Waals surface area contributed by atoms with Crippen molar-refractivity contribution in [2.24, 2.45) is 5.41 Å². The van der Waals surface area contributed by atoms with Gasteiger partial charge in [0.1, 0.15) is 12.4 Å². The topological polar surface area (TPSA) is 12.5 Å². The number of ether oxygens (including phenoxy) is 1. The van der Waals surface area contributed by atoms with Gasteiger partial charge in [-0.25, -0.2) is 0 Å². The predicted molar refractivity (Wildman–Crippen MR) is 115 cm³/mol. The van der Waals surface area contributed by atoms with E-state index in [-0.39, 0.29) is 5.41 Å². The fourth-order valence-corrected chi connectivity index (χ4v) is 3.82. The Morgan fingerprint density at radius 3 is 1.81 bits per heavy atom. The fourth-order valence-electron chi connectivity index (χ4n) is 3.82. The summed E-state index contributed by atoms with van der Waals surface area (Å²) in [5.74, 6) is 0.992. The second-order valence-electron chi connectivity index (χ2n) is 9.54. The molecule has 2 nitrogen and oxygen atoms in total. The van der Waals surface area contributed by atoms with Crippen LogP contribution < -0.4 is 4.74 Å². The molecule has 0 unspecified atom stereocenters. The van der Waals surface area contributed by atoms with E-state index in [1.807, 2.05) is 0 Å². The first-order chi connectivity index (χ1) is 12.2. The molecule has 1 aromatic carbocycles. The summed E-state index contributed by atoms with van der Waals surface area (Å²) in [7, 11) is 0. The van der Waals surface area contributed by atoms with Gasteiger partial charge >= 0.3 is 0 Å². The van der Waals surface area contributed by atoms with Crippen LogP contribution >= 0.6 is 0 Å². The van der Waals surface area contributed by atoms with Crippen LogP contribution in [0.4, 0.5) is 0 Å². The van der Waals surface area contributed by atoms with Gasteiger partial charge in [0.05, 0.1) is 0 Å². The summed E-state index contributed by atoms with van der Waals surface area (Å²) in [5, 5.41) is 0. The van der Waals surface area contributed by atoms with Crippen molar-refractivity contribution in [1.29, 1.82) is 0 Å². The van der Waals surface area contributed by atoms with E-state index >= 15 is 0 Å². The van der Waals surface area contributed by atoms with Gasteiger partial charge in [-0.1, -0.05) is 73.4 Å². The minimum atomic E-state index is 0.188. The molecule has 1 aromatic rings. The molecule has 0 N–H and O–H groups in total. The van der Waals surface area contributed by atoms with Crippen LogP contribution in [0.3, 0.4) is 0 Å². The Kier molecular flexibility index (Phi) is 9.71. The van der Waals surface area contributed by atoms with E-state index in [9.17, 15) is 0 Å². The normalized spacial score (nSPS) is 12.6. The largest absolute Gasteiger partial charge is 0.492 e. The fraction of sp³-hybridized carbons (Fsp3) is 0.750. The molecule has 0 saturated heterocycles. The van der Waals surface area contributed by atoms with Crippen molar-refractivity contribution in [2.75, 3.05) is 26.2 Å². The highest BCUT2D eigenvalue weighted by Crippen LogP contribution is 2.36. The molecule has 0 saturated carbocycles. The molecule has 0 amide bonds. The standard InChI is InChI=1S/C24H43NO/c1-8-10-16-25(17-11-9-2)18-19-26-22-14-12-21(13-15-22)24(6,7)20-23(3,4)5/h12-15H,8-11,16-20H2,1-7H3. The summed E-state index contributed by atoms with van der Waals surface area (Å²) in [6, 6.07) is 8.77. The van der Waals surface area contributed by atoms with Crippen LogP contribution in [0.1, 0.15) is 86.1 Å². The zero-order valence-corrected chi connectivity index (χ0v) is 18.5.